The average molecular weight is 288 g/mol. The Bertz CT molecular complexity index is 510. The van der Waals surface area contributed by atoms with Crippen LogP contribution in [-0.4, -0.2) is 15.9 Å². The fourth-order valence-electron chi connectivity index (χ4n) is 1.19. The van der Waals surface area contributed by atoms with Crippen LogP contribution in [0.15, 0.2) is 23.7 Å². The summed E-state index contributed by atoms with van der Waals surface area (Å²) in [5.41, 5.74) is 0.381. The number of carbonyl (C=O) groups excluding carboxylic acids is 1. The molecule has 17 heavy (non-hydrogen) atoms. The monoisotopic (exact) mass is 287 g/mol. The molecule has 0 saturated heterocycles. The topological polar surface area (TPSA) is 54.9 Å². The maximum absolute atomic E-state index is 11.8. The fourth-order valence-corrected chi connectivity index (χ4v) is 2.21. The van der Waals surface area contributed by atoms with E-state index in [1.165, 1.54) is 23.5 Å². The van der Waals surface area contributed by atoms with Crippen molar-refractivity contribution in [2.24, 2.45) is 0 Å². The van der Waals surface area contributed by atoms with E-state index in [0.29, 0.717) is 12.1 Å². The third kappa shape index (κ3) is 3.39. The molecule has 0 radical (unpaired) electrons. The van der Waals surface area contributed by atoms with Gasteiger partial charge in [0, 0.05) is 17.1 Å². The van der Waals surface area contributed by atoms with Crippen LogP contribution >= 0.6 is 34.5 Å². The van der Waals surface area contributed by atoms with Gasteiger partial charge in [0.15, 0.2) is 0 Å². The van der Waals surface area contributed by atoms with E-state index >= 15 is 0 Å². The van der Waals surface area contributed by atoms with Crippen molar-refractivity contribution in [3.8, 4) is 0 Å². The molecule has 0 unspecified atom stereocenters. The third-order valence-corrected chi connectivity index (χ3v) is 3.08. The third-order valence-electron chi connectivity index (χ3n) is 1.91. The van der Waals surface area contributed by atoms with Gasteiger partial charge in [0.05, 0.1) is 6.54 Å². The Morgan fingerprint density at radius 1 is 1.35 bits per heavy atom. The summed E-state index contributed by atoms with van der Waals surface area (Å²) in [6.07, 6.45) is 1.69. The molecule has 0 atom stereocenters. The van der Waals surface area contributed by atoms with Gasteiger partial charge in [0.25, 0.3) is 5.91 Å². The van der Waals surface area contributed by atoms with Crippen molar-refractivity contribution < 1.29 is 4.79 Å². The maximum Gasteiger partial charge on any atom is 0.251 e. The first-order valence-electron chi connectivity index (χ1n) is 4.65. The lowest BCUT2D eigenvalue weighted by Gasteiger charge is -2.03. The predicted molar refractivity (Wildman–Crippen MR) is 67.5 cm³/mol. The molecule has 1 N–H and O–H groups in total. The summed E-state index contributed by atoms with van der Waals surface area (Å²) in [6.45, 7) is 0.383. The molecule has 0 aliphatic heterocycles. The SMILES string of the molecule is O=C(NCc1nccs1)c1cc(Cl)nc(Cl)c1. The first-order chi connectivity index (χ1) is 8.15. The molecule has 4 nitrogen and oxygen atoms in total. The van der Waals surface area contributed by atoms with Crippen molar-refractivity contribution in [3.05, 3.63) is 44.6 Å². The lowest BCUT2D eigenvalue weighted by molar-refractivity contribution is 0.0951. The lowest BCUT2D eigenvalue weighted by atomic mass is 10.2. The van der Waals surface area contributed by atoms with E-state index < -0.39 is 0 Å². The molecule has 7 heteroatoms. The van der Waals surface area contributed by atoms with Gasteiger partial charge >= 0.3 is 0 Å². The van der Waals surface area contributed by atoms with Crippen LogP contribution in [0.25, 0.3) is 0 Å². The number of amides is 1. The first kappa shape index (κ1) is 12.3. The molecular weight excluding hydrogens is 281 g/mol. The number of thiazole rings is 1. The van der Waals surface area contributed by atoms with Gasteiger partial charge in [0.1, 0.15) is 15.3 Å². The quantitative estimate of drug-likeness (QED) is 0.884. The number of nitrogens with zero attached hydrogens (tertiary/aromatic N) is 2. The Morgan fingerprint density at radius 2 is 2.06 bits per heavy atom. The van der Waals surface area contributed by atoms with Crippen LogP contribution < -0.4 is 5.32 Å². The number of rotatable bonds is 3. The summed E-state index contributed by atoms with van der Waals surface area (Å²) in [7, 11) is 0. The van der Waals surface area contributed by atoms with Crippen LogP contribution in [0.1, 0.15) is 15.4 Å². The van der Waals surface area contributed by atoms with Crippen molar-refractivity contribution in [1.82, 2.24) is 15.3 Å². The largest absolute Gasteiger partial charge is 0.346 e. The summed E-state index contributed by atoms with van der Waals surface area (Å²) in [4.78, 5) is 19.6. The van der Waals surface area contributed by atoms with E-state index in [1.54, 1.807) is 6.20 Å². The van der Waals surface area contributed by atoms with Crippen LogP contribution in [0.3, 0.4) is 0 Å². The van der Waals surface area contributed by atoms with Crippen LogP contribution in [0.5, 0.6) is 0 Å². The Balaban J connectivity index is 2.04. The predicted octanol–water partition coefficient (Wildman–Crippen LogP) is 2.77. The highest BCUT2D eigenvalue weighted by molar-refractivity contribution is 7.09. The normalized spacial score (nSPS) is 10.2. The summed E-state index contributed by atoms with van der Waals surface area (Å²) < 4.78 is 0. The Hall–Kier alpha value is -1.17. The second-order valence-corrected chi connectivity index (χ2v) is 4.86. The highest BCUT2D eigenvalue weighted by Crippen LogP contribution is 2.14. The smallest absolute Gasteiger partial charge is 0.251 e. The van der Waals surface area contributed by atoms with Crippen molar-refractivity contribution in [3.63, 3.8) is 0 Å². The summed E-state index contributed by atoms with van der Waals surface area (Å²) in [5.74, 6) is -0.258. The zero-order valence-electron chi connectivity index (χ0n) is 8.48. The van der Waals surface area contributed by atoms with Crippen LogP contribution in [0.4, 0.5) is 0 Å². The highest BCUT2D eigenvalue weighted by Gasteiger charge is 2.08. The molecular formula is C10H7Cl2N3OS. The molecule has 1 amide bonds. The molecule has 0 saturated carbocycles. The Morgan fingerprint density at radius 3 is 2.65 bits per heavy atom. The van der Waals surface area contributed by atoms with E-state index in [4.69, 9.17) is 23.2 Å². The minimum atomic E-state index is -0.258. The van der Waals surface area contributed by atoms with Crippen LogP contribution in [-0.2, 0) is 6.54 Å². The first-order valence-corrected chi connectivity index (χ1v) is 6.28. The van der Waals surface area contributed by atoms with Gasteiger partial charge in [-0.25, -0.2) is 9.97 Å². The van der Waals surface area contributed by atoms with Crippen LogP contribution in [0.2, 0.25) is 10.3 Å². The summed E-state index contributed by atoms with van der Waals surface area (Å²) in [5, 5.41) is 5.79. The van der Waals surface area contributed by atoms with E-state index in [9.17, 15) is 4.79 Å². The number of pyridine rings is 1. The molecule has 2 aromatic rings. The van der Waals surface area contributed by atoms with Gasteiger partial charge < -0.3 is 5.32 Å². The fraction of sp³-hybridized carbons (Fsp3) is 0.100. The molecule has 0 aliphatic carbocycles. The minimum Gasteiger partial charge on any atom is -0.346 e. The van der Waals surface area contributed by atoms with Crippen LogP contribution in [0, 0.1) is 0 Å². The molecule has 0 fully saturated rings. The molecule has 0 spiro atoms. The molecule has 0 bridgehead atoms. The number of hydrogen-bond donors (Lipinski definition) is 1. The van der Waals surface area contributed by atoms with Gasteiger partial charge in [-0.05, 0) is 12.1 Å². The standard InChI is InChI=1S/C10H7Cl2N3OS/c11-7-3-6(4-8(12)15-7)10(16)14-5-9-13-1-2-17-9/h1-4H,5H2,(H,14,16). The molecule has 0 aliphatic rings. The molecule has 2 rings (SSSR count). The Kier molecular flexibility index (Phi) is 3.93. The zero-order valence-corrected chi connectivity index (χ0v) is 10.8. The Labute approximate surface area is 112 Å². The average Bonchev–Trinajstić information content (AvgIpc) is 2.77. The lowest BCUT2D eigenvalue weighted by Crippen LogP contribution is -2.22. The number of hydrogen-bond acceptors (Lipinski definition) is 4. The summed E-state index contributed by atoms with van der Waals surface area (Å²) in [6, 6.07) is 2.93. The van der Waals surface area contributed by atoms with E-state index in [2.05, 4.69) is 15.3 Å². The van der Waals surface area contributed by atoms with Crippen molar-refractivity contribution in [2.45, 2.75) is 6.54 Å². The van der Waals surface area contributed by atoms with Gasteiger partial charge in [-0.2, -0.15) is 0 Å². The molecule has 2 heterocycles. The number of aromatic nitrogens is 2. The van der Waals surface area contributed by atoms with Gasteiger partial charge in [-0.1, -0.05) is 23.2 Å². The van der Waals surface area contributed by atoms with Gasteiger partial charge in [0.2, 0.25) is 0 Å². The number of carbonyl (C=O) groups is 1. The molecule has 88 valence electrons. The number of halogens is 2. The second kappa shape index (κ2) is 5.44. The molecule has 2 aromatic heterocycles. The number of nitrogens with one attached hydrogen (secondary N) is 1. The van der Waals surface area contributed by atoms with Crippen molar-refractivity contribution in [2.75, 3.05) is 0 Å². The second-order valence-electron chi connectivity index (χ2n) is 3.11. The zero-order chi connectivity index (χ0) is 12.3. The minimum absolute atomic E-state index is 0.192. The highest BCUT2D eigenvalue weighted by atomic mass is 35.5. The van der Waals surface area contributed by atoms with Gasteiger partial charge in [-0.3, -0.25) is 4.79 Å². The van der Waals surface area contributed by atoms with E-state index in [1.807, 2.05) is 5.38 Å². The van der Waals surface area contributed by atoms with E-state index in [-0.39, 0.29) is 16.2 Å². The van der Waals surface area contributed by atoms with Crippen molar-refractivity contribution in [1.29, 1.82) is 0 Å². The molecule has 0 aromatic carbocycles. The van der Waals surface area contributed by atoms with Crippen molar-refractivity contribution >= 4 is 40.4 Å². The summed E-state index contributed by atoms with van der Waals surface area (Å²) >= 11 is 12.9. The maximum atomic E-state index is 11.8. The van der Waals surface area contributed by atoms with Gasteiger partial charge in [-0.15, -0.1) is 11.3 Å². The van der Waals surface area contributed by atoms with E-state index in [0.717, 1.165) is 5.01 Å².